The Labute approximate surface area is 119 Å². The maximum atomic E-state index is 12.1. The molecule has 0 radical (unpaired) electrons. The first kappa shape index (κ1) is 14.4. The molecule has 5 nitrogen and oxygen atoms in total. The van der Waals surface area contributed by atoms with Gasteiger partial charge in [-0.05, 0) is 18.6 Å². The Morgan fingerprint density at radius 3 is 2.79 bits per heavy atom. The maximum absolute atomic E-state index is 12.1. The Balaban J connectivity index is 0.00000133. The number of nitrogens with one attached hydrogen (secondary N) is 1. The third-order valence-electron chi connectivity index (χ3n) is 3.85. The lowest BCUT2D eigenvalue weighted by molar-refractivity contribution is 0.0742. The van der Waals surface area contributed by atoms with Gasteiger partial charge in [-0.1, -0.05) is 0 Å². The second-order valence-electron chi connectivity index (χ2n) is 4.96. The number of carbonyl (C=O) groups is 1. The van der Waals surface area contributed by atoms with Crippen LogP contribution in [-0.4, -0.2) is 61.0 Å². The van der Waals surface area contributed by atoms with Crippen LogP contribution in [0.2, 0.25) is 0 Å². The molecule has 2 fully saturated rings. The maximum Gasteiger partial charge on any atom is 0.289 e. The van der Waals surface area contributed by atoms with E-state index in [1.165, 1.54) is 0 Å². The number of halogens is 1. The zero-order valence-electron chi connectivity index (χ0n) is 10.9. The van der Waals surface area contributed by atoms with Crippen molar-refractivity contribution < 1.29 is 9.21 Å². The minimum absolute atomic E-state index is 0. The monoisotopic (exact) mass is 285 g/mol. The van der Waals surface area contributed by atoms with Gasteiger partial charge in [0, 0.05) is 45.3 Å². The van der Waals surface area contributed by atoms with Crippen molar-refractivity contribution in [3.63, 3.8) is 0 Å². The van der Waals surface area contributed by atoms with E-state index in [9.17, 15) is 4.79 Å². The second kappa shape index (κ2) is 6.41. The van der Waals surface area contributed by atoms with E-state index in [2.05, 4.69) is 10.2 Å². The van der Waals surface area contributed by atoms with Gasteiger partial charge in [-0.15, -0.1) is 12.4 Å². The van der Waals surface area contributed by atoms with E-state index in [-0.39, 0.29) is 18.3 Å². The van der Waals surface area contributed by atoms with Crippen molar-refractivity contribution in [2.24, 2.45) is 0 Å². The number of piperazine rings is 1. The fraction of sp³-hybridized carbons (Fsp3) is 0.615. The number of furan rings is 1. The van der Waals surface area contributed by atoms with Crippen LogP contribution in [0.15, 0.2) is 22.8 Å². The van der Waals surface area contributed by atoms with E-state index in [0.717, 1.165) is 45.7 Å². The quantitative estimate of drug-likeness (QED) is 0.874. The Hall–Kier alpha value is -1.04. The summed E-state index contributed by atoms with van der Waals surface area (Å²) >= 11 is 0. The van der Waals surface area contributed by atoms with Gasteiger partial charge in [-0.3, -0.25) is 9.69 Å². The fourth-order valence-electron chi connectivity index (χ4n) is 2.83. The van der Waals surface area contributed by atoms with Crippen LogP contribution in [0.5, 0.6) is 0 Å². The van der Waals surface area contributed by atoms with E-state index in [4.69, 9.17) is 4.42 Å². The van der Waals surface area contributed by atoms with Crippen LogP contribution in [0.1, 0.15) is 17.0 Å². The highest BCUT2D eigenvalue weighted by Gasteiger charge is 2.31. The average molecular weight is 286 g/mol. The molecule has 3 heterocycles. The SMILES string of the molecule is Cl.O=C(c1ccco1)N1CCC(N2CCNCC2)C1. The van der Waals surface area contributed by atoms with Gasteiger partial charge in [0.1, 0.15) is 0 Å². The number of hydrogen-bond acceptors (Lipinski definition) is 4. The third-order valence-corrected chi connectivity index (χ3v) is 3.85. The third kappa shape index (κ3) is 3.11. The molecule has 1 aromatic rings. The topological polar surface area (TPSA) is 48.7 Å². The smallest absolute Gasteiger partial charge is 0.289 e. The zero-order chi connectivity index (χ0) is 12.4. The van der Waals surface area contributed by atoms with Crippen LogP contribution in [-0.2, 0) is 0 Å². The second-order valence-corrected chi connectivity index (χ2v) is 4.96. The Bertz CT molecular complexity index is 404. The summed E-state index contributed by atoms with van der Waals surface area (Å²) in [6.07, 6.45) is 2.63. The summed E-state index contributed by atoms with van der Waals surface area (Å²) in [6, 6.07) is 4.02. The van der Waals surface area contributed by atoms with Crippen molar-refractivity contribution in [1.82, 2.24) is 15.1 Å². The van der Waals surface area contributed by atoms with Crippen molar-refractivity contribution >= 4 is 18.3 Å². The number of rotatable bonds is 2. The van der Waals surface area contributed by atoms with E-state index in [0.29, 0.717) is 11.8 Å². The number of likely N-dealkylation sites (tertiary alicyclic amines) is 1. The molecule has 0 saturated carbocycles. The minimum Gasteiger partial charge on any atom is -0.459 e. The Kier molecular flexibility index (Phi) is 4.85. The van der Waals surface area contributed by atoms with Crippen LogP contribution in [0, 0.1) is 0 Å². The van der Waals surface area contributed by atoms with Gasteiger partial charge >= 0.3 is 0 Å². The average Bonchev–Trinajstić information content (AvgIpc) is 3.10. The van der Waals surface area contributed by atoms with Crippen LogP contribution in [0.4, 0.5) is 0 Å². The molecule has 2 aliphatic heterocycles. The number of nitrogens with zero attached hydrogens (tertiary/aromatic N) is 2. The largest absolute Gasteiger partial charge is 0.459 e. The van der Waals surface area contributed by atoms with Gasteiger partial charge in [-0.25, -0.2) is 0 Å². The van der Waals surface area contributed by atoms with Gasteiger partial charge in [0.25, 0.3) is 5.91 Å². The highest BCUT2D eigenvalue weighted by atomic mass is 35.5. The summed E-state index contributed by atoms with van der Waals surface area (Å²) < 4.78 is 5.17. The lowest BCUT2D eigenvalue weighted by Crippen LogP contribution is -2.49. The molecule has 1 N–H and O–H groups in total. The first-order valence-corrected chi connectivity index (χ1v) is 6.62. The molecule has 1 unspecified atom stereocenters. The molecule has 0 bridgehead atoms. The van der Waals surface area contributed by atoms with Crippen LogP contribution < -0.4 is 5.32 Å². The lowest BCUT2D eigenvalue weighted by atomic mass is 10.2. The summed E-state index contributed by atoms with van der Waals surface area (Å²) in [4.78, 5) is 16.5. The molecule has 6 heteroatoms. The summed E-state index contributed by atoms with van der Waals surface area (Å²) in [5, 5.41) is 3.36. The van der Waals surface area contributed by atoms with Crippen molar-refractivity contribution in [2.75, 3.05) is 39.3 Å². The van der Waals surface area contributed by atoms with E-state index in [1.807, 2.05) is 4.90 Å². The zero-order valence-corrected chi connectivity index (χ0v) is 11.7. The molecular formula is C13H20ClN3O2. The van der Waals surface area contributed by atoms with E-state index in [1.54, 1.807) is 18.4 Å². The predicted molar refractivity (Wildman–Crippen MR) is 74.7 cm³/mol. The highest BCUT2D eigenvalue weighted by molar-refractivity contribution is 5.91. The predicted octanol–water partition coefficient (Wildman–Crippen LogP) is 0.821. The first-order chi connectivity index (χ1) is 8.84. The molecule has 1 amide bonds. The van der Waals surface area contributed by atoms with Crippen LogP contribution >= 0.6 is 12.4 Å². The van der Waals surface area contributed by atoms with Crippen molar-refractivity contribution in [2.45, 2.75) is 12.5 Å². The number of hydrogen-bond donors (Lipinski definition) is 1. The molecule has 3 rings (SSSR count). The molecule has 2 saturated heterocycles. The van der Waals surface area contributed by atoms with Gasteiger partial charge in [0.2, 0.25) is 0 Å². The molecule has 106 valence electrons. The highest BCUT2D eigenvalue weighted by Crippen LogP contribution is 2.18. The summed E-state index contributed by atoms with van der Waals surface area (Å²) in [5.41, 5.74) is 0. The van der Waals surface area contributed by atoms with Gasteiger partial charge in [0.15, 0.2) is 5.76 Å². The van der Waals surface area contributed by atoms with Crippen LogP contribution in [0.25, 0.3) is 0 Å². The normalized spacial score (nSPS) is 24.2. The lowest BCUT2D eigenvalue weighted by Gasteiger charge is -2.32. The van der Waals surface area contributed by atoms with Gasteiger partial charge in [0.05, 0.1) is 6.26 Å². The number of carbonyl (C=O) groups excluding carboxylic acids is 1. The first-order valence-electron chi connectivity index (χ1n) is 6.62. The van der Waals surface area contributed by atoms with Crippen molar-refractivity contribution in [3.8, 4) is 0 Å². The van der Waals surface area contributed by atoms with E-state index < -0.39 is 0 Å². The molecule has 0 aliphatic carbocycles. The summed E-state index contributed by atoms with van der Waals surface area (Å²) in [7, 11) is 0. The Morgan fingerprint density at radius 1 is 1.32 bits per heavy atom. The summed E-state index contributed by atoms with van der Waals surface area (Å²) in [6.45, 7) is 5.97. The van der Waals surface area contributed by atoms with Crippen LogP contribution in [0.3, 0.4) is 0 Å². The van der Waals surface area contributed by atoms with Crippen molar-refractivity contribution in [3.05, 3.63) is 24.2 Å². The van der Waals surface area contributed by atoms with Gasteiger partial charge < -0.3 is 14.6 Å². The fourth-order valence-corrected chi connectivity index (χ4v) is 2.83. The molecular weight excluding hydrogens is 266 g/mol. The molecule has 0 spiro atoms. The molecule has 1 atom stereocenters. The van der Waals surface area contributed by atoms with E-state index >= 15 is 0 Å². The Morgan fingerprint density at radius 2 is 2.11 bits per heavy atom. The minimum atomic E-state index is 0. The van der Waals surface area contributed by atoms with Crippen molar-refractivity contribution in [1.29, 1.82) is 0 Å². The summed E-state index contributed by atoms with van der Waals surface area (Å²) in [5.74, 6) is 0.480. The molecule has 19 heavy (non-hydrogen) atoms. The molecule has 0 aromatic carbocycles. The number of amides is 1. The standard InChI is InChI=1S/C13H19N3O2.ClH/c17-13(12-2-1-9-18-12)16-6-3-11(10-16)15-7-4-14-5-8-15;/h1-2,9,11,14H,3-8,10H2;1H. The van der Waals surface area contributed by atoms with Gasteiger partial charge in [-0.2, -0.15) is 0 Å². The molecule has 2 aliphatic rings. The molecule has 1 aromatic heterocycles.